The van der Waals surface area contributed by atoms with Gasteiger partial charge in [0.1, 0.15) is 0 Å². The Morgan fingerprint density at radius 3 is 2.08 bits per heavy atom. The average Bonchev–Trinajstić information content (AvgIpc) is 3.70. The number of fused-ring (bicyclic) bond motifs is 12. The van der Waals surface area contributed by atoms with Crippen molar-refractivity contribution in [3.63, 3.8) is 0 Å². The lowest BCUT2D eigenvalue weighted by Gasteiger charge is -2.39. The first-order valence-electron chi connectivity index (χ1n) is 18.0. The topological polar surface area (TPSA) is 17.3 Å². The molecule has 10 rings (SSSR count). The molecule has 242 valence electrons. The van der Waals surface area contributed by atoms with Crippen molar-refractivity contribution in [3.05, 3.63) is 215 Å². The first kappa shape index (κ1) is 29.6. The van der Waals surface area contributed by atoms with E-state index in [1.807, 2.05) is 0 Å². The van der Waals surface area contributed by atoms with Gasteiger partial charge in [-0.15, -0.1) is 0 Å². The molecule has 2 heteroatoms. The summed E-state index contributed by atoms with van der Waals surface area (Å²) in [7, 11) is 0. The fraction of sp³-hybridized carbons (Fsp3) is 0.0816. The van der Waals surface area contributed by atoms with Crippen molar-refractivity contribution in [2.75, 3.05) is 0 Å². The summed E-state index contributed by atoms with van der Waals surface area (Å²) >= 11 is 0. The van der Waals surface area contributed by atoms with Crippen LogP contribution in [0, 0.1) is 0 Å². The first-order valence-corrected chi connectivity index (χ1v) is 18.0. The summed E-state index contributed by atoms with van der Waals surface area (Å²) in [5.41, 5.74) is 16.9. The minimum Gasteiger partial charge on any atom is -0.309 e. The van der Waals surface area contributed by atoms with Crippen molar-refractivity contribution in [3.8, 4) is 16.8 Å². The van der Waals surface area contributed by atoms with Crippen molar-refractivity contribution in [1.29, 1.82) is 0 Å². The van der Waals surface area contributed by atoms with Crippen LogP contribution in [-0.2, 0) is 11.8 Å². The van der Waals surface area contributed by atoms with Crippen LogP contribution in [0.4, 0.5) is 0 Å². The number of rotatable bonds is 6. The second-order valence-electron chi connectivity index (χ2n) is 13.7. The summed E-state index contributed by atoms with van der Waals surface area (Å²) in [6.45, 7) is 2.24. The van der Waals surface area contributed by atoms with Gasteiger partial charge in [0.05, 0.1) is 27.8 Å². The molecule has 51 heavy (non-hydrogen) atoms. The zero-order valence-corrected chi connectivity index (χ0v) is 28.6. The van der Waals surface area contributed by atoms with Gasteiger partial charge >= 0.3 is 0 Å². The maximum absolute atomic E-state index is 5.56. The van der Waals surface area contributed by atoms with Gasteiger partial charge in [-0.05, 0) is 69.5 Å². The van der Waals surface area contributed by atoms with E-state index in [1.165, 1.54) is 72.0 Å². The first-order chi connectivity index (χ1) is 25.3. The van der Waals surface area contributed by atoms with Crippen LogP contribution in [0.3, 0.4) is 0 Å². The van der Waals surface area contributed by atoms with E-state index in [0.29, 0.717) is 0 Å². The summed E-state index contributed by atoms with van der Waals surface area (Å²) in [6.07, 6.45) is 3.91. The Kier molecular flexibility index (Phi) is 6.79. The lowest BCUT2D eigenvalue weighted by atomic mass is 9.65. The van der Waals surface area contributed by atoms with Gasteiger partial charge in [-0.2, -0.15) is 0 Å². The molecule has 0 fully saturated rings. The number of nitrogens with zero attached hydrogens (tertiary/aromatic N) is 2. The molecule has 1 spiro atoms. The smallest absolute Gasteiger partial charge is 0.0754 e. The van der Waals surface area contributed by atoms with Gasteiger partial charge in [0.15, 0.2) is 0 Å². The van der Waals surface area contributed by atoms with Gasteiger partial charge in [-0.25, -0.2) is 0 Å². The quantitative estimate of drug-likeness (QED) is 0.159. The lowest BCUT2D eigenvalue weighted by molar-refractivity contribution is 0.748. The molecule has 0 saturated heterocycles. The van der Waals surface area contributed by atoms with Crippen LogP contribution in [0.5, 0.6) is 0 Å². The van der Waals surface area contributed by atoms with Crippen molar-refractivity contribution >= 4 is 33.2 Å². The van der Waals surface area contributed by atoms with E-state index < -0.39 is 5.41 Å². The highest BCUT2D eigenvalue weighted by atomic mass is 15.0. The molecule has 2 aliphatic rings. The van der Waals surface area contributed by atoms with E-state index in [1.54, 1.807) is 0 Å². The van der Waals surface area contributed by atoms with E-state index in [4.69, 9.17) is 4.99 Å². The third-order valence-corrected chi connectivity index (χ3v) is 11.1. The summed E-state index contributed by atoms with van der Waals surface area (Å²) < 4.78 is 2.51. The van der Waals surface area contributed by atoms with Crippen LogP contribution >= 0.6 is 0 Å². The maximum atomic E-state index is 5.56. The number of aromatic nitrogens is 1. The SMILES string of the molecule is CCC(=N/C(=C\Cc1ccccc1)c1ccccc1)c1cccc2c1-c1ccccc1C21c2ccccc2-n2c3ccccc3c3cccc1c32. The summed E-state index contributed by atoms with van der Waals surface area (Å²) in [4.78, 5) is 5.56. The van der Waals surface area contributed by atoms with E-state index in [2.05, 4.69) is 187 Å². The van der Waals surface area contributed by atoms with Gasteiger partial charge in [-0.1, -0.05) is 171 Å². The van der Waals surface area contributed by atoms with E-state index >= 15 is 0 Å². The molecule has 2 nitrogen and oxygen atoms in total. The Bertz CT molecular complexity index is 2690. The predicted octanol–water partition coefficient (Wildman–Crippen LogP) is 11.9. The standard InChI is InChI=1S/C49H36N2/c1-2-43(50-44(34-19-7-4-8-20-34)32-31-33-17-5-3-6-18-33)38-24-16-27-41-47(38)37-22-9-11-25-39(37)49(41)40-26-12-14-30-46(40)51-45-29-13-10-21-35(45)36-23-15-28-42(49)48(36)51/h3-30,32H,2,31H2,1H3/b44-32-,50-43?. The lowest BCUT2D eigenvalue weighted by Crippen LogP contribution is -2.33. The molecule has 0 bridgehead atoms. The Morgan fingerprint density at radius 2 is 1.24 bits per heavy atom. The summed E-state index contributed by atoms with van der Waals surface area (Å²) in [5.74, 6) is 0. The molecular weight excluding hydrogens is 617 g/mol. The van der Waals surface area contributed by atoms with E-state index in [9.17, 15) is 0 Å². The van der Waals surface area contributed by atoms with Gasteiger partial charge in [-0.3, -0.25) is 4.99 Å². The molecule has 1 aliphatic carbocycles. The van der Waals surface area contributed by atoms with Gasteiger partial charge in [0.2, 0.25) is 0 Å². The molecule has 1 atom stereocenters. The number of allylic oxidation sites excluding steroid dienone is 1. The van der Waals surface area contributed by atoms with Gasteiger partial charge in [0, 0.05) is 22.0 Å². The minimum absolute atomic E-state index is 0.479. The summed E-state index contributed by atoms with van der Waals surface area (Å²) in [6, 6.07) is 62.2. The van der Waals surface area contributed by atoms with Crippen LogP contribution in [0.15, 0.2) is 181 Å². The fourth-order valence-corrected chi connectivity index (χ4v) is 8.99. The molecular formula is C49H36N2. The fourth-order valence-electron chi connectivity index (χ4n) is 8.99. The maximum Gasteiger partial charge on any atom is 0.0754 e. The molecule has 7 aromatic carbocycles. The zero-order chi connectivity index (χ0) is 33.9. The Balaban J connectivity index is 1.26. The van der Waals surface area contributed by atoms with Crippen molar-refractivity contribution < 1.29 is 0 Å². The van der Waals surface area contributed by atoms with Crippen LogP contribution in [0.25, 0.3) is 44.3 Å². The predicted molar refractivity (Wildman–Crippen MR) is 213 cm³/mol. The van der Waals surface area contributed by atoms with Crippen molar-refractivity contribution in [2.24, 2.45) is 4.99 Å². The molecule has 1 aromatic heterocycles. The zero-order valence-electron chi connectivity index (χ0n) is 28.6. The van der Waals surface area contributed by atoms with E-state index in [0.717, 1.165) is 29.8 Å². The molecule has 0 amide bonds. The van der Waals surface area contributed by atoms with Crippen molar-refractivity contribution in [2.45, 2.75) is 25.2 Å². The normalized spacial score (nSPS) is 16.0. The van der Waals surface area contributed by atoms with Crippen LogP contribution in [-0.4, -0.2) is 10.3 Å². The number of aliphatic imine (C=N–C) groups is 1. The third-order valence-electron chi connectivity index (χ3n) is 11.1. The third kappa shape index (κ3) is 4.26. The summed E-state index contributed by atoms with van der Waals surface area (Å²) in [5, 5.41) is 2.59. The van der Waals surface area contributed by atoms with Crippen LogP contribution < -0.4 is 0 Å². The molecule has 1 unspecified atom stereocenters. The van der Waals surface area contributed by atoms with Crippen LogP contribution in [0.2, 0.25) is 0 Å². The molecule has 1 aliphatic heterocycles. The number of hydrogen-bond donors (Lipinski definition) is 0. The number of para-hydroxylation sites is 3. The molecule has 0 saturated carbocycles. The Labute approximate surface area is 298 Å². The highest BCUT2D eigenvalue weighted by molar-refractivity contribution is 6.14. The molecule has 0 N–H and O–H groups in total. The Hall–Kier alpha value is -6.25. The second kappa shape index (κ2) is 11.7. The minimum atomic E-state index is -0.479. The van der Waals surface area contributed by atoms with E-state index in [-0.39, 0.29) is 0 Å². The second-order valence-corrected chi connectivity index (χ2v) is 13.7. The molecule has 0 radical (unpaired) electrons. The number of benzene rings is 7. The molecule has 2 heterocycles. The highest BCUT2D eigenvalue weighted by Crippen LogP contribution is 2.61. The van der Waals surface area contributed by atoms with Crippen molar-refractivity contribution in [1.82, 2.24) is 4.57 Å². The van der Waals surface area contributed by atoms with Gasteiger partial charge in [0.25, 0.3) is 0 Å². The Morgan fingerprint density at radius 1 is 0.588 bits per heavy atom. The average molecular weight is 653 g/mol. The number of hydrogen-bond acceptors (Lipinski definition) is 1. The monoisotopic (exact) mass is 652 g/mol. The van der Waals surface area contributed by atoms with Gasteiger partial charge < -0.3 is 4.57 Å². The molecule has 8 aromatic rings. The van der Waals surface area contributed by atoms with Crippen LogP contribution in [0.1, 0.15) is 52.3 Å². The highest BCUT2D eigenvalue weighted by Gasteiger charge is 2.51. The largest absolute Gasteiger partial charge is 0.309 e.